The summed E-state index contributed by atoms with van der Waals surface area (Å²) in [6.07, 6.45) is 4.76. The zero-order valence-corrected chi connectivity index (χ0v) is 11.7. The maximum absolute atomic E-state index is 13.7. The molecule has 1 aliphatic rings. The first kappa shape index (κ1) is 13.9. The maximum Gasteiger partial charge on any atom is 0.275 e. The number of methoxy groups -OCH3 is 1. The minimum Gasteiger partial charge on any atom is -0.494 e. The predicted molar refractivity (Wildman–Crippen MR) is 79.8 cm³/mol. The van der Waals surface area contributed by atoms with Gasteiger partial charge in [0.1, 0.15) is 11.5 Å². The van der Waals surface area contributed by atoms with Crippen molar-refractivity contribution >= 4 is 17.8 Å². The molecule has 1 aliphatic heterocycles. The summed E-state index contributed by atoms with van der Waals surface area (Å²) in [5.74, 6) is -0.252. The summed E-state index contributed by atoms with van der Waals surface area (Å²) in [6, 6.07) is 7.99. The summed E-state index contributed by atoms with van der Waals surface area (Å²) in [5, 5.41) is 2.66. The molecule has 22 heavy (non-hydrogen) atoms. The third kappa shape index (κ3) is 2.71. The normalized spacial score (nSPS) is 15.6. The number of hydrogen-bond donors (Lipinski definition) is 1. The van der Waals surface area contributed by atoms with Crippen molar-refractivity contribution in [2.75, 3.05) is 7.11 Å². The Bertz CT molecular complexity index is 785. The number of amidine groups is 1. The number of carbonyl (C=O) groups is 1. The SMILES string of the molecule is COc1ccc(/C=C2/N=C(c3cccnc3)NC2=O)cc1F. The Morgan fingerprint density at radius 3 is 2.86 bits per heavy atom. The standard InChI is InChI=1S/C16H12FN3O2/c1-22-14-5-4-10(7-12(14)17)8-13-16(21)20-15(19-13)11-3-2-6-18-9-11/h2-9H,1H3,(H,19,20,21)/b13-8+. The van der Waals surface area contributed by atoms with Gasteiger partial charge in [-0.05, 0) is 35.9 Å². The third-order valence-corrected chi connectivity index (χ3v) is 3.11. The smallest absolute Gasteiger partial charge is 0.275 e. The van der Waals surface area contributed by atoms with Gasteiger partial charge in [-0.2, -0.15) is 0 Å². The van der Waals surface area contributed by atoms with Gasteiger partial charge in [-0.25, -0.2) is 9.38 Å². The summed E-state index contributed by atoms with van der Waals surface area (Å²) in [6.45, 7) is 0. The van der Waals surface area contributed by atoms with Crippen molar-refractivity contribution in [3.63, 3.8) is 0 Å². The first-order valence-corrected chi connectivity index (χ1v) is 6.53. The van der Waals surface area contributed by atoms with Crippen molar-refractivity contribution in [2.45, 2.75) is 0 Å². The molecule has 1 amide bonds. The quantitative estimate of drug-likeness (QED) is 0.883. The molecular weight excluding hydrogens is 285 g/mol. The Balaban J connectivity index is 1.92. The molecular formula is C16H12FN3O2. The molecule has 0 spiro atoms. The van der Waals surface area contributed by atoms with E-state index in [1.165, 1.54) is 25.3 Å². The lowest BCUT2D eigenvalue weighted by Crippen LogP contribution is -2.24. The average molecular weight is 297 g/mol. The van der Waals surface area contributed by atoms with Crippen molar-refractivity contribution in [3.8, 4) is 5.75 Å². The number of benzene rings is 1. The van der Waals surface area contributed by atoms with E-state index in [1.807, 2.05) is 0 Å². The molecule has 6 heteroatoms. The molecule has 0 unspecified atom stereocenters. The van der Waals surface area contributed by atoms with Crippen LogP contribution in [0.2, 0.25) is 0 Å². The summed E-state index contributed by atoms with van der Waals surface area (Å²) >= 11 is 0. The maximum atomic E-state index is 13.7. The van der Waals surface area contributed by atoms with E-state index in [-0.39, 0.29) is 17.4 Å². The van der Waals surface area contributed by atoms with Crippen LogP contribution in [0.25, 0.3) is 6.08 Å². The highest BCUT2D eigenvalue weighted by molar-refractivity contribution is 6.19. The van der Waals surface area contributed by atoms with Crippen LogP contribution in [-0.2, 0) is 4.79 Å². The monoisotopic (exact) mass is 297 g/mol. The minimum atomic E-state index is -0.494. The molecule has 1 N–H and O–H groups in total. The van der Waals surface area contributed by atoms with E-state index < -0.39 is 5.82 Å². The summed E-state index contributed by atoms with van der Waals surface area (Å²) in [7, 11) is 1.39. The fourth-order valence-corrected chi connectivity index (χ4v) is 2.04. The molecule has 3 rings (SSSR count). The molecule has 2 aromatic rings. The molecule has 5 nitrogen and oxygen atoms in total. The van der Waals surface area contributed by atoms with Gasteiger partial charge in [0.2, 0.25) is 0 Å². The lowest BCUT2D eigenvalue weighted by molar-refractivity contribution is -0.115. The number of carbonyl (C=O) groups excluding carboxylic acids is 1. The molecule has 0 atom stereocenters. The second kappa shape index (κ2) is 5.77. The number of aliphatic imine (C=N–C) groups is 1. The Kier molecular flexibility index (Phi) is 3.65. The largest absolute Gasteiger partial charge is 0.494 e. The van der Waals surface area contributed by atoms with Gasteiger partial charge in [-0.3, -0.25) is 9.78 Å². The van der Waals surface area contributed by atoms with Crippen LogP contribution in [-0.4, -0.2) is 23.8 Å². The highest BCUT2D eigenvalue weighted by Gasteiger charge is 2.21. The summed E-state index contributed by atoms with van der Waals surface area (Å²) in [5.41, 5.74) is 1.45. The van der Waals surface area contributed by atoms with Gasteiger partial charge in [0.15, 0.2) is 11.6 Å². The van der Waals surface area contributed by atoms with Gasteiger partial charge in [-0.15, -0.1) is 0 Å². The number of nitrogens with one attached hydrogen (secondary N) is 1. The van der Waals surface area contributed by atoms with Crippen LogP contribution in [0.5, 0.6) is 5.75 Å². The number of amides is 1. The lowest BCUT2D eigenvalue weighted by Gasteiger charge is -2.02. The van der Waals surface area contributed by atoms with E-state index in [9.17, 15) is 9.18 Å². The second-order valence-corrected chi connectivity index (χ2v) is 4.58. The zero-order chi connectivity index (χ0) is 15.5. The Labute approximate surface area is 126 Å². The van der Waals surface area contributed by atoms with E-state index in [0.717, 1.165) is 0 Å². The van der Waals surface area contributed by atoms with Crippen molar-refractivity contribution in [1.29, 1.82) is 0 Å². The van der Waals surface area contributed by atoms with Gasteiger partial charge < -0.3 is 10.1 Å². The number of nitrogens with zero attached hydrogens (tertiary/aromatic N) is 2. The number of ether oxygens (including phenoxy) is 1. The van der Waals surface area contributed by atoms with Crippen LogP contribution in [0.1, 0.15) is 11.1 Å². The predicted octanol–water partition coefficient (Wildman–Crippen LogP) is 2.15. The molecule has 0 bridgehead atoms. The fourth-order valence-electron chi connectivity index (χ4n) is 2.04. The molecule has 110 valence electrons. The fraction of sp³-hybridized carbons (Fsp3) is 0.0625. The molecule has 0 fully saturated rings. The Morgan fingerprint density at radius 1 is 1.32 bits per heavy atom. The number of halogens is 1. The number of aromatic nitrogens is 1. The van der Waals surface area contributed by atoms with Crippen LogP contribution in [0, 0.1) is 5.82 Å². The molecule has 1 aromatic heterocycles. The van der Waals surface area contributed by atoms with Crippen molar-refractivity contribution in [1.82, 2.24) is 10.3 Å². The lowest BCUT2D eigenvalue weighted by atomic mass is 10.2. The van der Waals surface area contributed by atoms with E-state index in [0.29, 0.717) is 17.0 Å². The molecule has 0 saturated carbocycles. The van der Waals surface area contributed by atoms with Gasteiger partial charge in [-0.1, -0.05) is 6.07 Å². The first-order valence-electron chi connectivity index (χ1n) is 6.53. The summed E-state index contributed by atoms with van der Waals surface area (Å²) in [4.78, 5) is 20.1. The number of hydrogen-bond acceptors (Lipinski definition) is 4. The highest BCUT2D eigenvalue weighted by Crippen LogP contribution is 2.20. The first-order chi connectivity index (χ1) is 10.7. The van der Waals surface area contributed by atoms with E-state index in [4.69, 9.17) is 4.74 Å². The Morgan fingerprint density at radius 2 is 2.18 bits per heavy atom. The topological polar surface area (TPSA) is 63.6 Å². The van der Waals surface area contributed by atoms with Crippen LogP contribution in [0.3, 0.4) is 0 Å². The average Bonchev–Trinajstić information content (AvgIpc) is 2.89. The zero-order valence-electron chi connectivity index (χ0n) is 11.7. The third-order valence-electron chi connectivity index (χ3n) is 3.11. The Hall–Kier alpha value is -3.02. The van der Waals surface area contributed by atoms with E-state index in [1.54, 1.807) is 30.6 Å². The van der Waals surface area contributed by atoms with Gasteiger partial charge in [0.25, 0.3) is 5.91 Å². The number of rotatable bonds is 3. The van der Waals surface area contributed by atoms with E-state index >= 15 is 0 Å². The highest BCUT2D eigenvalue weighted by atomic mass is 19.1. The number of pyridine rings is 1. The molecule has 1 aromatic carbocycles. The van der Waals surface area contributed by atoms with Crippen molar-refractivity contribution in [2.24, 2.45) is 4.99 Å². The van der Waals surface area contributed by atoms with Gasteiger partial charge in [0, 0.05) is 18.0 Å². The van der Waals surface area contributed by atoms with E-state index in [2.05, 4.69) is 15.3 Å². The van der Waals surface area contributed by atoms with Crippen molar-refractivity contribution < 1.29 is 13.9 Å². The van der Waals surface area contributed by atoms with Gasteiger partial charge in [0.05, 0.1) is 7.11 Å². The van der Waals surface area contributed by atoms with Gasteiger partial charge >= 0.3 is 0 Å². The van der Waals surface area contributed by atoms with Crippen LogP contribution in [0.15, 0.2) is 53.4 Å². The van der Waals surface area contributed by atoms with Crippen LogP contribution < -0.4 is 10.1 Å². The molecule has 0 radical (unpaired) electrons. The molecule has 0 saturated heterocycles. The second-order valence-electron chi connectivity index (χ2n) is 4.58. The van der Waals surface area contributed by atoms with Crippen molar-refractivity contribution in [3.05, 3.63) is 65.4 Å². The van der Waals surface area contributed by atoms with Crippen LogP contribution in [0.4, 0.5) is 4.39 Å². The summed E-state index contributed by atoms with van der Waals surface area (Å²) < 4.78 is 18.5. The molecule has 2 heterocycles. The minimum absolute atomic E-state index is 0.151. The van der Waals surface area contributed by atoms with Crippen LogP contribution >= 0.6 is 0 Å². The molecule has 0 aliphatic carbocycles.